The number of amides is 1. The van der Waals surface area contributed by atoms with Crippen molar-refractivity contribution in [3.05, 3.63) is 52.7 Å². The van der Waals surface area contributed by atoms with E-state index in [0.29, 0.717) is 43.5 Å². The molecule has 4 rings (SSSR count). The van der Waals surface area contributed by atoms with Crippen LogP contribution < -0.4 is 5.56 Å². The average molecular weight is 385 g/mol. The molecule has 7 heteroatoms. The molecule has 28 heavy (non-hydrogen) atoms. The number of hydrogen-bond donors (Lipinski definition) is 0. The first kappa shape index (κ1) is 18.7. The van der Waals surface area contributed by atoms with Gasteiger partial charge in [-0.1, -0.05) is 0 Å². The topological polar surface area (TPSA) is 56.0 Å². The molecular formula is C21H24FN3O3. The van der Waals surface area contributed by atoms with Crippen molar-refractivity contribution < 1.29 is 13.9 Å². The molecule has 1 amide bonds. The lowest BCUT2D eigenvalue weighted by molar-refractivity contribution is -0.143. The molecule has 1 saturated heterocycles. The Morgan fingerprint density at radius 1 is 1.14 bits per heavy atom. The molecule has 0 saturated carbocycles. The number of carbonyl (C=O) groups is 1. The third kappa shape index (κ3) is 3.42. The minimum absolute atomic E-state index is 0.0269. The summed E-state index contributed by atoms with van der Waals surface area (Å²) in [6, 6.07) is 8.00. The molecule has 0 spiro atoms. The lowest BCUT2D eigenvalue weighted by Gasteiger charge is -2.35. The number of aromatic nitrogens is 2. The maximum absolute atomic E-state index is 13.8. The van der Waals surface area contributed by atoms with Crippen molar-refractivity contribution in [2.45, 2.75) is 45.4 Å². The third-order valence-electron chi connectivity index (χ3n) is 5.25. The van der Waals surface area contributed by atoms with Crippen LogP contribution in [0.1, 0.15) is 26.7 Å². The van der Waals surface area contributed by atoms with E-state index in [1.165, 1.54) is 12.1 Å². The van der Waals surface area contributed by atoms with Crippen molar-refractivity contribution in [1.29, 1.82) is 0 Å². The van der Waals surface area contributed by atoms with Gasteiger partial charge in [0.1, 0.15) is 11.3 Å². The van der Waals surface area contributed by atoms with Gasteiger partial charge in [0.15, 0.2) is 0 Å². The summed E-state index contributed by atoms with van der Waals surface area (Å²) in [6.07, 6.45) is 2.71. The number of fused-ring (bicyclic) bond motifs is 3. The van der Waals surface area contributed by atoms with Crippen LogP contribution >= 0.6 is 0 Å². The molecular weight excluding hydrogens is 361 g/mol. The molecule has 0 unspecified atom stereocenters. The molecule has 2 aromatic heterocycles. The van der Waals surface area contributed by atoms with E-state index in [1.54, 1.807) is 33.4 Å². The van der Waals surface area contributed by atoms with Crippen LogP contribution in [0.25, 0.3) is 16.6 Å². The predicted molar refractivity (Wildman–Crippen MR) is 105 cm³/mol. The summed E-state index contributed by atoms with van der Waals surface area (Å²) in [5, 5.41) is 0. The lowest BCUT2D eigenvalue weighted by Crippen LogP contribution is -2.48. The zero-order valence-electron chi connectivity index (χ0n) is 16.1. The van der Waals surface area contributed by atoms with Crippen LogP contribution in [0.3, 0.4) is 0 Å². The molecule has 1 fully saturated rings. The summed E-state index contributed by atoms with van der Waals surface area (Å²) < 4.78 is 22.9. The number of halogens is 1. The van der Waals surface area contributed by atoms with E-state index in [9.17, 15) is 14.0 Å². The summed E-state index contributed by atoms with van der Waals surface area (Å²) in [7, 11) is 0. The smallest absolute Gasteiger partial charge is 0.275 e. The van der Waals surface area contributed by atoms with Gasteiger partial charge in [-0.2, -0.15) is 0 Å². The van der Waals surface area contributed by atoms with Crippen LogP contribution in [0.2, 0.25) is 0 Å². The maximum atomic E-state index is 13.8. The van der Waals surface area contributed by atoms with Gasteiger partial charge in [0, 0.05) is 32.3 Å². The summed E-state index contributed by atoms with van der Waals surface area (Å²) in [6.45, 7) is 5.47. The third-order valence-corrected chi connectivity index (χ3v) is 5.25. The minimum atomic E-state index is -0.389. The number of hydrogen-bond acceptors (Lipinski definition) is 3. The normalized spacial score (nSPS) is 20.2. The first-order chi connectivity index (χ1) is 13.4. The van der Waals surface area contributed by atoms with Crippen LogP contribution in [0.15, 0.2) is 41.3 Å². The van der Waals surface area contributed by atoms with E-state index in [1.807, 2.05) is 18.7 Å². The molecule has 3 aromatic rings. The molecule has 1 aliphatic rings. The first-order valence-electron chi connectivity index (χ1n) is 9.66. The van der Waals surface area contributed by atoms with E-state index in [0.717, 1.165) is 5.52 Å². The Morgan fingerprint density at radius 2 is 1.89 bits per heavy atom. The van der Waals surface area contributed by atoms with Crippen molar-refractivity contribution in [3.63, 3.8) is 0 Å². The van der Waals surface area contributed by atoms with Crippen molar-refractivity contribution >= 4 is 22.5 Å². The van der Waals surface area contributed by atoms with Crippen molar-refractivity contribution in [2.24, 2.45) is 0 Å². The Bertz CT molecular complexity index is 1080. The van der Waals surface area contributed by atoms with E-state index in [4.69, 9.17) is 4.74 Å². The van der Waals surface area contributed by atoms with Crippen molar-refractivity contribution in [1.82, 2.24) is 13.9 Å². The van der Waals surface area contributed by atoms with Crippen LogP contribution in [-0.2, 0) is 16.1 Å². The van der Waals surface area contributed by atoms with E-state index in [2.05, 4.69) is 0 Å². The van der Waals surface area contributed by atoms with Crippen LogP contribution in [0.4, 0.5) is 4.39 Å². The number of morpholine rings is 1. The maximum Gasteiger partial charge on any atom is 0.275 e. The molecule has 0 N–H and O–H groups in total. The number of benzene rings is 1. The van der Waals surface area contributed by atoms with Gasteiger partial charge in [0.05, 0.1) is 23.2 Å². The summed E-state index contributed by atoms with van der Waals surface area (Å²) >= 11 is 0. The molecule has 0 aliphatic carbocycles. The predicted octanol–water partition coefficient (Wildman–Crippen LogP) is 2.81. The quantitative estimate of drug-likeness (QED) is 0.694. The SMILES string of the molecule is C[C@@H]1CN(C(=O)CCCn2c(=O)c3cccn3c3ccc(F)cc32)C[C@H](C)O1. The number of carbonyl (C=O) groups excluding carboxylic acids is 1. The van der Waals surface area contributed by atoms with Gasteiger partial charge >= 0.3 is 0 Å². The monoisotopic (exact) mass is 385 g/mol. The zero-order chi connectivity index (χ0) is 19.8. The van der Waals surface area contributed by atoms with E-state index >= 15 is 0 Å². The van der Waals surface area contributed by atoms with Gasteiger partial charge in [0.25, 0.3) is 5.56 Å². The summed E-state index contributed by atoms with van der Waals surface area (Å²) in [4.78, 5) is 27.3. The summed E-state index contributed by atoms with van der Waals surface area (Å²) in [5.41, 5.74) is 1.67. The molecule has 6 nitrogen and oxygen atoms in total. The fourth-order valence-corrected chi connectivity index (χ4v) is 4.08. The van der Waals surface area contributed by atoms with Gasteiger partial charge < -0.3 is 18.6 Å². The molecule has 0 radical (unpaired) electrons. The van der Waals surface area contributed by atoms with Crippen LogP contribution in [0.5, 0.6) is 0 Å². The second-order valence-electron chi connectivity index (χ2n) is 7.51. The molecule has 2 atom stereocenters. The largest absolute Gasteiger partial charge is 0.372 e. The minimum Gasteiger partial charge on any atom is -0.372 e. The molecule has 1 aliphatic heterocycles. The molecule has 3 heterocycles. The second-order valence-corrected chi connectivity index (χ2v) is 7.51. The standard InChI is InChI=1S/C21H24FN3O3/c1-14-12-23(13-15(2)28-14)20(26)6-4-10-25-19-11-16(22)7-8-17(19)24-9-3-5-18(24)21(25)27/h3,5,7-9,11,14-15H,4,6,10,12-13H2,1-2H3/t14-,15+. The highest BCUT2D eigenvalue weighted by molar-refractivity contribution is 5.79. The van der Waals surface area contributed by atoms with E-state index in [-0.39, 0.29) is 29.5 Å². The summed E-state index contributed by atoms with van der Waals surface area (Å²) in [5.74, 6) is -0.325. The Morgan fingerprint density at radius 3 is 2.64 bits per heavy atom. The second kappa shape index (κ2) is 7.39. The van der Waals surface area contributed by atoms with Gasteiger partial charge in [-0.05, 0) is 50.6 Å². The fraction of sp³-hybridized carbons (Fsp3) is 0.429. The number of nitrogens with zero attached hydrogens (tertiary/aromatic N) is 3. The van der Waals surface area contributed by atoms with Gasteiger partial charge in [-0.15, -0.1) is 0 Å². The first-order valence-corrected chi connectivity index (χ1v) is 9.66. The van der Waals surface area contributed by atoms with Crippen LogP contribution in [0, 0.1) is 5.82 Å². The average Bonchev–Trinajstić information content (AvgIpc) is 3.13. The highest BCUT2D eigenvalue weighted by Crippen LogP contribution is 2.18. The Labute approximate surface area is 162 Å². The zero-order valence-corrected chi connectivity index (χ0v) is 16.1. The fourth-order valence-electron chi connectivity index (χ4n) is 4.08. The number of rotatable bonds is 4. The molecule has 1 aromatic carbocycles. The van der Waals surface area contributed by atoms with E-state index < -0.39 is 0 Å². The van der Waals surface area contributed by atoms with Gasteiger partial charge in [-0.25, -0.2) is 4.39 Å². The van der Waals surface area contributed by atoms with Crippen LogP contribution in [-0.4, -0.2) is 45.1 Å². The Balaban J connectivity index is 1.56. The number of ether oxygens (including phenoxy) is 1. The van der Waals surface area contributed by atoms with Gasteiger partial charge in [0.2, 0.25) is 5.91 Å². The Kier molecular flexibility index (Phi) is 4.93. The van der Waals surface area contributed by atoms with Crippen molar-refractivity contribution in [2.75, 3.05) is 13.1 Å². The highest BCUT2D eigenvalue weighted by atomic mass is 19.1. The lowest BCUT2D eigenvalue weighted by atomic mass is 10.2. The molecule has 0 bridgehead atoms. The molecule has 148 valence electrons. The highest BCUT2D eigenvalue weighted by Gasteiger charge is 2.25. The number of aryl methyl sites for hydroxylation is 1. The van der Waals surface area contributed by atoms with Gasteiger partial charge in [-0.3, -0.25) is 9.59 Å². The van der Waals surface area contributed by atoms with Crippen molar-refractivity contribution in [3.8, 4) is 0 Å². The Hall–Kier alpha value is -2.67.